The van der Waals surface area contributed by atoms with Gasteiger partial charge in [-0.2, -0.15) is 0 Å². The van der Waals surface area contributed by atoms with Crippen LogP contribution in [0.5, 0.6) is 0 Å². The predicted molar refractivity (Wildman–Crippen MR) is 129 cm³/mol. The minimum absolute atomic E-state index is 0.405. The van der Waals surface area contributed by atoms with Gasteiger partial charge in [0.15, 0.2) is 0 Å². The molecule has 1 aliphatic heterocycles. The first-order chi connectivity index (χ1) is 15.7. The van der Waals surface area contributed by atoms with E-state index in [-0.39, 0.29) is 0 Å². The third-order valence-corrected chi connectivity index (χ3v) is 5.73. The van der Waals surface area contributed by atoms with Gasteiger partial charge in [-0.15, -0.1) is 0 Å². The van der Waals surface area contributed by atoms with Gasteiger partial charge in [-0.25, -0.2) is 4.98 Å². The highest BCUT2D eigenvalue weighted by Gasteiger charge is 2.21. The zero-order valence-electron chi connectivity index (χ0n) is 17.9. The SMILES string of the molecule is Cc1cncc(Nc2cc3nc4ccccc4n(-c4ccccc4)c-3c/c2=N\C2CC2)c1. The van der Waals surface area contributed by atoms with Crippen LogP contribution in [-0.2, 0) is 0 Å². The van der Waals surface area contributed by atoms with E-state index >= 15 is 0 Å². The van der Waals surface area contributed by atoms with Gasteiger partial charge in [0.2, 0.25) is 0 Å². The summed E-state index contributed by atoms with van der Waals surface area (Å²) in [7, 11) is 0. The van der Waals surface area contributed by atoms with E-state index in [2.05, 4.69) is 75.5 Å². The first kappa shape index (κ1) is 18.8. The molecule has 0 radical (unpaired) electrons. The van der Waals surface area contributed by atoms with Crippen molar-refractivity contribution in [2.45, 2.75) is 25.8 Å². The second-order valence-corrected chi connectivity index (χ2v) is 8.37. The van der Waals surface area contributed by atoms with Crippen molar-refractivity contribution in [1.29, 1.82) is 0 Å². The molecule has 1 aromatic heterocycles. The van der Waals surface area contributed by atoms with Crippen molar-refractivity contribution in [2.75, 3.05) is 5.32 Å². The second-order valence-electron chi connectivity index (χ2n) is 8.37. The number of nitrogens with one attached hydrogen (secondary N) is 1. The number of anilines is 2. The maximum atomic E-state index is 5.03. The lowest BCUT2D eigenvalue weighted by Crippen LogP contribution is -2.15. The molecule has 0 atom stereocenters. The Bertz CT molecular complexity index is 1470. The Labute approximate surface area is 186 Å². The van der Waals surface area contributed by atoms with Crippen LogP contribution in [0.3, 0.4) is 0 Å². The number of benzene rings is 3. The summed E-state index contributed by atoms with van der Waals surface area (Å²) in [6.07, 6.45) is 6.00. The number of aryl methyl sites for hydroxylation is 1. The molecule has 6 rings (SSSR count). The molecular formula is C27H23N5. The summed E-state index contributed by atoms with van der Waals surface area (Å²) in [5.74, 6) is 0. The Morgan fingerprint density at radius 1 is 0.938 bits per heavy atom. The largest absolute Gasteiger partial charge is 0.352 e. The summed E-state index contributed by atoms with van der Waals surface area (Å²) in [6.45, 7) is 2.05. The van der Waals surface area contributed by atoms with Gasteiger partial charge >= 0.3 is 0 Å². The van der Waals surface area contributed by atoms with Crippen molar-refractivity contribution in [1.82, 2.24) is 14.5 Å². The molecule has 0 amide bonds. The van der Waals surface area contributed by atoms with E-state index < -0.39 is 0 Å². The third kappa shape index (κ3) is 3.52. The Morgan fingerprint density at radius 2 is 1.75 bits per heavy atom. The molecule has 156 valence electrons. The van der Waals surface area contributed by atoms with Gasteiger partial charge in [0.25, 0.3) is 0 Å². The average Bonchev–Trinajstić information content (AvgIpc) is 3.63. The quantitative estimate of drug-likeness (QED) is 0.385. The monoisotopic (exact) mass is 417 g/mol. The molecule has 5 heteroatoms. The zero-order chi connectivity index (χ0) is 21.5. The number of hydrogen-bond donors (Lipinski definition) is 1. The average molecular weight is 418 g/mol. The second kappa shape index (κ2) is 7.61. The van der Waals surface area contributed by atoms with E-state index in [1.165, 1.54) is 0 Å². The molecule has 1 fully saturated rings. The molecule has 0 bridgehead atoms. The molecule has 2 aromatic carbocycles. The molecular weight excluding hydrogens is 394 g/mol. The highest BCUT2D eigenvalue weighted by atomic mass is 15.0. The third-order valence-electron chi connectivity index (χ3n) is 5.73. The van der Waals surface area contributed by atoms with Crippen molar-refractivity contribution in [3.05, 3.63) is 96.1 Å². The van der Waals surface area contributed by atoms with E-state index in [1.807, 2.05) is 31.5 Å². The van der Waals surface area contributed by atoms with Gasteiger partial charge < -0.3 is 9.88 Å². The molecule has 32 heavy (non-hydrogen) atoms. The lowest BCUT2D eigenvalue weighted by Gasteiger charge is -2.20. The highest BCUT2D eigenvalue weighted by Crippen LogP contribution is 2.31. The van der Waals surface area contributed by atoms with Crippen molar-refractivity contribution in [3.63, 3.8) is 0 Å². The van der Waals surface area contributed by atoms with Crippen molar-refractivity contribution in [3.8, 4) is 17.1 Å². The molecule has 3 aromatic rings. The number of hydrogen-bond acceptors (Lipinski definition) is 4. The Morgan fingerprint density at radius 3 is 2.56 bits per heavy atom. The summed E-state index contributed by atoms with van der Waals surface area (Å²) in [4.78, 5) is 14.4. The lowest BCUT2D eigenvalue weighted by molar-refractivity contribution is 0.997. The Balaban J connectivity index is 1.64. The van der Waals surface area contributed by atoms with Crippen LogP contribution in [0, 0.1) is 6.92 Å². The molecule has 3 aliphatic rings. The molecule has 2 aliphatic carbocycles. The van der Waals surface area contributed by atoms with E-state index in [0.29, 0.717) is 6.04 Å². The minimum Gasteiger partial charge on any atom is -0.352 e. The summed E-state index contributed by atoms with van der Waals surface area (Å²) < 4.78 is 2.28. The number of pyridine rings is 1. The zero-order valence-corrected chi connectivity index (χ0v) is 17.9. The van der Waals surface area contributed by atoms with Crippen molar-refractivity contribution >= 4 is 22.4 Å². The fraction of sp³-hybridized carbons (Fsp3) is 0.148. The van der Waals surface area contributed by atoms with Crippen LogP contribution in [0.15, 0.2) is 90.2 Å². The van der Waals surface area contributed by atoms with E-state index in [1.54, 1.807) is 0 Å². The number of fused-ring (bicyclic) bond motifs is 2. The molecule has 1 N–H and O–H groups in total. The fourth-order valence-corrected chi connectivity index (χ4v) is 4.08. The summed E-state index contributed by atoms with van der Waals surface area (Å²) >= 11 is 0. The van der Waals surface area contributed by atoms with Gasteiger partial charge in [-0.1, -0.05) is 30.3 Å². The van der Waals surface area contributed by atoms with E-state index in [4.69, 9.17) is 9.98 Å². The van der Waals surface area contributed by atoms with E-state index in [0.717, 1.165) is 63.2 Å². The normalized spacial score (nSPS) is 14.2. The summed E-state index contributed by atoms with van der Waals surface area (Å²) in [5, 5.41) is 4.50. The van der Waals surface area contributed by atoms with Crippen LogP contribution >= 0.6 is 0 Å². The fourth-order valence-electron chi connectivity index (χ4n) is 4.08. The van der Waals surface area contributed by atoms with Crippen LogP contribution < -0.4 is 10.7 Å². The number of para-hydroxylation sites is 3. The highest BCUT2D eigenvalue weighted by molar-refractivity contribution is 5.84. The van der Waals surface area contributed by atoms with Crippen LogP contribution in [0.4, 0.5) is 11.4 Å². The molecule has 0 saturated heterocycles. The number of aromatic nitrogens is 3. The molecule has 5 nitrogen and oxygen atoms in total. The number of nitrogens with zero attached hydrogens (tertiary/aromatic N) is 4. The van der Waals surface area contributed by atoms with E-state index in [9.17, 15) is 0 Å². The van der Waals surface area contributed by atoms with Crippen molar-refractivity contribution < 1.29 is 0 Å². The smallest absolute Gasteiger partial charge is 0.0900 e. The lowest BCUT2D eigenvalue weighted by atomic mass is 10.1. The topological polar surface area (TPSA) is 55.1 Å². The first-order valence-corrected chi connectivity index (χ1v) is 11.0. The predicted octanol–water partition coefficient (Wildman–Crippen LogP) is 5.64. The standard InChI is InChI=1S/C27H23N5/c1-18-13-20(17-28-16-18)30-23-14-25-27(15-24(23)29-19-11-12-19)32(21-7-3-2-4-8-21)26-10-6-5-9-22(26)31-25/h2-10,13-17,19,30H,11-12H2,1H3/b29-24+. The van der Waals surface area contributed by atoms with Gasteiger partial charge in [0.1, 0.15) is 0 Å². The maximum Gasteiger partial charge on any atom is 0.0900 e. The summed E-state index contributed by atoms with van der Waals surface area (Å²) in [5.41, 5.74) is 8.13. The van der Waals surface area contributed by atoms with Gasteiger partial charge in [0.05, 0.1) is 51.4 Å². The molecule has 0 unspecified atom stereocenters. The van der Waals surface area contributed by atoms with Crippen LogP contribution in [0.1, 0.15) is 18.4 Å². The molecule has 2 heterocycles. The van der Waals surface area contributed by atoms with Crippen LogP contribution in [-0.4, -0.2) is 20.6 Å². The van der Waals surface area contributed by atoms with Gasteiger partial charge in [0, 0.05) is 11.9 Å². The first-order valence-electron chi connectivity index (χ1n) is 11.0. The maximum absolute atomic E-state index is 5.03. The van der Waals surface area contributed by atoms with Gasteiger partial charge in [-0.05, 0) is 67.8 Å². The van der Waals surface area contributed by atoms with Gasteiger partial charge in [-0.3, -0.25) is 9.98 Å². The minimum atomic E-state index is 0.405. The van der Waals surface area contributed by atoms with Crippen LogP contribution in [0.2, 0.25) is 0 Å². The Kier molecular flexibility index (Phi) is 4.46. The molecule has 1 saturated carbocycles. The Hall–Kier alpha value is -3.99. The van der Waals surface area contributed by atoms with Crippen molar-refractivity contribution in [2.24, 2.45) is 4.99 Å². The van der Waals surface area contributed by atoms with Crippen LogP contribution in [0.25, 0.3) is 28.1 Å². The number of rotatable bonds is 4. The molecule has 0 spiro atoms. The summed E-state index contributed by atoms with van der Waals surface area (Å²) in [6, 6.07) is 25.5.